The first-order chi connectivity index (χ1) is 14.8. The number of carboxylic acids is 1. The Bertz CT molecular complexity index is 1180. The molecule has 0 spiro atoms. The predicted molar refractivity (Wildman–Crippen MR) is 114 cm³/mol. The third-order valence-electron chi connectivity index (χ3n) is 4.06. The highest BCUT2D eigenvalue weighted by Gasteiger charge is 2.19. The number of halogens is 1. The Morgan fingerprint density at radius 2 is 1.68 bits per heavy atom. The molecule has 0 aliphatic rings. The van der Waals surface area contributed by atoms with Crippen LogP contribution in [0.1, 0.15) is 15.9 Å². The van der Waals surface area contributed by atoms with E-state index in [2.05, 4.69) is 5.32 Å². The van der Waals surface area contributed by atoms with Crippen molar-refractivity contribution >= 4 is 35.2 Å². The van der Waals surface area contributed by atoms with E-state index < -0.39 is 28.2 Å². The van der Waals surface area contributed by atoms with Crippen LogP contribution in [-0.4, -0.2) is 21.9 Å². The lowest BCUT2D eigenvalue weighted by molar-refractivity contribution is -0.385. The SMILES string of the molecule is O=C(O)/C(=C\c1ccc(Oc2ccccc2Cl)c([N+](=O)[O-])c1)NC(=O)c1ccccc1. The fourth-order valence-electron chi connectivity index (χ4n) is 2.60. The molecule has 0 saturated carbocycles. The van der Waals surface area contributed by atoms with Crippen molar-refractivity contribution in [3.8, 4) is 11.5 Å². The van der Waals surface area contributed by atoms with E-state index in [9.17, 15) is 24.8 Å². The molecule has 31 heavy (non-hydrogen) atoms. The number of rotatable bonds is 7. The second-order valence-electron chi connectivity index (χ2n) is 6.20. The molecule has 0 bridgehead atoms. The average Bonchev–Trinajstić information content (AvgIpc) is 2.76. The number of hydrogen-bond donors (Lipinski definition) is 2. The van der Waals surface area contributed by atoms with Gasteiger partial charge in [0.05, 0.1) is 9.95 Å². The van der Waals surface area contributed by atoms with Crippen molar-refractivity contribution < 1.29 is 24.4 Å². The maximum Gasteiger partial charge on any atom is 0.352 e. The molecule has 2 N–H and O–H groups in total. The number of nitrogens with zero attached hydrogens (tertiary/aromatic N) is 1. The summed E-state index contributed by atoms with van der Waals surface area (Å²) in [5.74, 6) is -1.86. The van der Waals surface area contributed by atoms with Crippen molar-refractivity contribution in [2.24, 2.45) is 0 Å². The Balaban J connectivity index is 1.91. The normalized spacial score (nSPS) is 10.9. The van der Waals surface area contributed by atoms with E-state index in [1.54, 1.807) is 42.5 Å². The highest BCUT2D eigenvalue weighted by molar-refractivity contribution is 6.32. The molecule has 8 nitrogen and oxygen atoms in total. The van der Waals surface area contributed by atoms with Crippen molar-refractivity contribution in [1.29, 1.82) is 0 Å². The van der Waals surface area contributed by atoms with Crippen molar-refractivity contribution in [3.63, 3.8) is 0 Å². The summed E-state index contributed by atoms with van der Waals surface area (Å²) in [5.41, 5.74) is -0.385. The van der Waals surface area contributed by atoms with Crippen LogP contribution in [0.15, 0.2) is 78.5 Å². The van der Waals surface area contributed by atoms with Gasteiger partial charge in [0.25, 0.3) is 5.91 Å². The summed E-state index contributed by atoms with van der Waals surface area (Å²) in [6, 6.07) is 18.4. The number of hydrogen-bond acceptors (Lipinski definition) is 5. The molecule has 0 fully saturated rings. The molecule has 0 saturated heterocycles. The molecule has 0 radical (unpaired) electrons. The summed E-state index contributed by atoms with van der Waals surface area (Å²) >= 11 is 6.03. The molecule has 3 aromatic rings. The van der Waals surface area contributed by atoms with Crippen molar-refractivity contribution in [2.75, 3.05) is 0 Å². The van der Waals surface area contributed by atoms with E-state index in [1.165, 1.54) is 24.3 Å². The number of benzene rings is 3. The molecule has 3 rings (SSSR count). The minimum Gasteiger partial charge on any atom is -0.477 e. The molecule has 0 aliphatic carbocycles. The second-order valence-corrected chi connectivity index (χ2v) is 6.61. The smallest absolute Gasteiger partial charge is 0.352 e. The molecule has 0 unspecified atom stereocenters. The third kappa shape index (κ3) is 5.46. The van der Waals surface area contributed by atoms with E-state index >= 15 is 0 Å². The first-order valence-electron chi connectivity index (χ1n) is 8.87. The Kier molecular flexibility index (Phi) is 6.64. The Hall–Kier alpha value is -4.17. The molecule has 0 aromatic heterocycles. The summed E-state index contributed by atoms with van der Waals surface area (Å²) in [6.07, 6.45) is 1.12. The molecular weight excluding hydrogens is 424 g/mol. The van der Waals surface area contributed by atoms with Crippen LogP contribution in [0, 0.1) is 10.1 Å². The van der Waals surface area contributed by atoms with Crippen LogP contribution in [0.2, 0.25) is 5.02 Å². The Labute approximate surface area is 181 Å². The number of carbonyl (C=O) groups excluding carboxylic acids is 1. The molecule has 3 aromatic carbocycles. The number of nitrogens with one attached hydrogen (secondary N) is 1. The molecule has 0 atom stereocenters. The van der Waals surface area contributed by atoms with E-state index in [0.29, 0.717) is 0 Å². The maximum absolute atomic E-state index is 12.3. The highest BCUT2D eigenvalue weighted by Crippen LogP contribution is 2.35. The van der Waals surface area contributed by atoms with Crippen LogP contribution in [0.3, 0.4) is 0 Å². The van der Waals surface area contributed by atoms with Crippen molar-refractivity contribution in [1.82, 2.24) is 5.32 Å². The van der Waals surface area contributed by atoms with Gasteiger partial charge in [-0.3, -0.25) is 14.9 Å². The zero-order chi connectivity index (χ0) is 22.4. The van der Waals surface area contributed by atoms with E-state index in [1.807, 2.05) is 0 Å². The molecule has 9 heteroatoms. The highest BCUT2D eigenvalue weighted by atomic mass is 35.5. The van der Waals surface area contributed by atoms with E-state index in [-0.39, 0.29) is 27.6 Å². The predicted octanol–water partition coefficient (Wildman–Crippen LogP) is 4.90. The lowest BCUT2D eigenvalue weighted by Crippen LogP contribution is -2.27. The summed E-state index contributed by atoms with van der Waals surface area (Å²) in [7, 11) is 0. The molecule has 0 aliphatic heterocycles. The molecule has 1 amide bonds. The van der Waals surface area contributed by atoms with Gasteiger partial charge in [-0.1, -0.05) is 48.0 Å². The average molecular weight is 439 g/mol. The van der Waals surface area contributed by atoms with Crippen LogP contribution < -0.4 is 10.1 Å². The largest absolute Gasteiger partial charge is 0.477 e. The standard InChI is InChI=1S/C22H15ClN2O6/c23-16-8-4-5-9-19(16)31-20-11-10-14(13-18(20)25(29)30)12-17(22(27)28)24-21(26)15-6-2-1-3-7-15/h1-13H,(H,24,26)(H,27,28)/b17-12+. The van der Waals surface area contributed by atoms with Crippen LogP contribution in [0.4, 0.5) is 5.69 Å². The van der Waals surface area contributed by atoms with Crippen LogP contribution >= 0.6 is 11.6 Å². The summed E-state index contributed by atoms with van der Waals surface area (Å²) in [4.78, 5) is 34.7. The maximum atomic E-state index is 12.3. The zero-order valence-electron chi connectivity index (χ0n) is 15.8. The number of ether oxygens (including phenoxy) is 1. The Morgan fingerprint density at radius 3 is 2.32 bits per heavy atom. The quantitative estimate of drug-likeness (QED) is 0.308. The van der Waals surface area contributed by atoms with Crippen LogP contribution in [-0.2, 0) is 4.79 Å². The van der Waals surface area contributed by atoms with Crippen LogP contribution in [0.5, 0.6) is 11.5 Å². The number of carbonyl (C=O) groups is 2. The minimum atomic E-state index is -1.40. The number of aliphatic carboxylic acids is 1. The molecular formula is C22H15ClN2O6. The summed E-state index contributed by atoms with van der Waals surface area (Å²) < 4.78 is 5.55. The van der Waals surface area contributed by atoms with Gasteiger partial charge in [-0.2, -0.15) is 0 Å². The molecule has 0 heterocycles. The number of carboxylic acid groups (broad SMARTS) is 1. The number of nitro groups is 1. The van der Waals surface area contributed by atoms with Gasteiger partial charge in [-0.15, -0.1) is 0 Å². The van der Waals surface area contributed by atoms with Gasteiger partial charge in [0, 0.05) is 11.6 Å². The number of nitro benzene ring substituents is 1. The zero-order valence-corrected chi connectivity index (χ0v) is 16.6. The Morgan fingerprint density at radius 1 is 1.00 bits per heavy atom. The van der Waals surface area contributed by atoms with Gasteiger partial charge in [-0.25, -0.2) is 4.79 Å². The summed E-state index contributed by atoms with van der Waals surface area (Å²) in [5, 5.41) is 23.5. The topological polar surface area (TPSA) is 119 Å². The van der Waals surface area contributed by atoms with Gasteiger partial charge in [0.2, 0.25) is 5.75 Å². The summed E-state index contributed by atoms with van der Waals surface area (Å²) in [6.45, 7) is 0. The first-order valence-corrected chi connectivity index (χ1v) is 9.25. The van der Waals surface area contributed by atoms with Crippen molar-refractivity contribution in [2.45, 2.75) is 0 Å². The lowest BCUT2D eigenvalue weighted by atomic mass is 10.1. The monoisotopic (exact) mass is 438 g/mol. The lowest BCUT2D eigenvalue weighted by Gasteiger charge is -2.09. The second kappa shape index (κ2) is 9.55. The van der Waals surface area contributed by atoms with Gasteiger partial charge in [0.1, 0.15) is 11.4 Å². The van der Waals surface area contributed by atoms with Gasteiger partial charge >= 0.3 is 11.7 Å². The third-order valence-corrected chi connectivity index (χ3v) is 4.37. The van der Waals surface area contributed by atoms with E-state index in [0.717, 1.165) is 12.1 Å². The fourth-order valence-corrected chi connectivity index (χ4v) is 2.78. The molecule has 156 valence electrons. The number of amides is 1. The van der Waals surface area contributed by atoms with Gasteiger partial charge in [-0.05, 0) is 42.0 Å². The van der Waals surface area contributed by atoms with Crippen molar-refractivity contribution in [3.05, 3.63) is 105 Å². The first kappa shape index (κ1) is 21.5. The van der Waals surface area contributed by atoms with Gasteiger partial charge in [0.15, 0.2) is 0 Å². The number of para-hydroxylation sites is 1. The van der Waals surface area contributed by atoms with Crippen LogP contribution in [0.25, 0.3) is 6.08 Å². The van der Waals surface area contributed by atoms with E-state index in [4.69, 9.17) is 16.3 Å². The minimum absolute atomic E-state index is 0.0690. The van der Waals surface area contributed by atoms with Gasteiger partial charge < -0.3 is 15.2 Å². The fraction of sp³-hybridized carbons (Fsp3) is 0.